The normalized spacial score (nSPS) is 11.5. The summed E-state index contributed by atoms with van der Waals surface area (Å²) in [4.78, 5) is 13.0. The van der Waals surface area contributed by atoms with Crippen LogP contribution in [0.2, 0.25) is 5.02 Å². The SMILES string of the molecule is CCOC(=O)c1c(C)n(-c2ccc(OC)cc2)c2cc(Cl)c(NS(=O)(=O)c3ccc(C)cc3)cc12. The molecule has 4 aromatic rings. The highest BCUT2D eigenvalue weighted by Gasteiger charge is 2.25. The lowest BCUT2D eigenvalue weighted by atomic mass is 10.1. The van der Waals surface area contributed by atoms with Crippen molar-refractivity contribution in [3.8, 4) is 11.4 Å². The number of methoxy groups -OCH3 is 1. The van der Waals surface area contributed by atoms with Crippen molar-refractivity contribution in [2.45, 2.75) is 25.7 Å². The van der Waals surface area contributed by atoms with Crippen LogP contribution in [0.15, 0.2) is 65.6 Å². The minimum atomic E-state index is -3.90. The zero-order valence-corrected chi connectivity index (χ0v) is 21.3. The van der Waals surface area contributed by atoms with Gasteiger partial charge in [-0.1, -0.05) is 29.3 Å². The number of hydrogen-bond donors (Lipinski definition) is 1. The fraction of sp³-hybridized carbons (Fsp3) is 0.192. The molecule has 0 spiro atoms. The molecule has 1 aromatic heterocycles. The summed E-state index contributed by atoms with van der Waals surface area (Å²) in [7, 11) is -2.31. The Morgan fingerprint density at radius 1 is 1.03 bits per heavy atom. The molecule has 9 heteroatoms. The molecule has 0 fully saturated rings. The number of ether oxygens (including phenoxy) is 2. The molecule has 182 valence electrons. The van der Waals surface area contributed by atoms with E-state index >= 15 is 0 Å². The van der Waals surface area contributed by atoms with Crippen LogP contribution in [0.3, 0.4) is 0 Å². The standard InChI is InChI=1S/C26H25ClN2O5S/c1-5-34-26(30)25-17(3)29(18-8-10-19(33-4)11-9-18)24-15-22(27)23(14-21(24)25)28-35(31,32)20-12-6-16(2)7-13-20/h6-15,28H,5H2,1-4H3. The molecule has 0 amide bonds. The van der Waals surface area contributed by atoms with Gasteiger partial charge in [0.2, 0.25) is 0 Å². The molecule has 0 radical (unpaired) electrons. The molecule has 0 atom stereocenters. The van der Waals surface area contributed by atoms with Gasteiger partial charge in [0.15, 0.2) is 0 Å². The zero-order chi connectivity index (χ0) is 25.3. The maximum Gasteiger partial charge on any atom is 0.340 e. The highest BCUT2D eigenvalue weighted by Crippen LogP contribution is 2.37. The van der Waals surface area contributed by atoms with Crippen LogP contribution in [-0.4, -0.2) is 32.7 Å². The number of aromatic nitrogens is 1. The first kappa shape index (κ1) is 24.6. The van der Waals surface area contributed by atoms with Gasteiger partial charge in [0, 0.05) is 16.8 Å². The van der Waals surface area contributed by atoms with E-state index in [0.717, 1.165) is 11.3 Å². The Morgan fingerprint density at radius 3 is 2.29 bits per heavy atom. The smallest absolute Gasteiger partial charge is 0.340 e. The van der Waals surface area contributed by atoms with E-state index in [4.69, 9.17) is 21.1 Å². The van der Waals surface area contributed by atoms with Crippen LogP contribution in [0, 0.1) is 13.8 Å². The van der Waals surface area contributed by atoms with Gasteiger partial charge < -0.3 is 14.0 Å². The number of halogens is 1. The minimum absolute atomic E-state index is 0.108. The Balaban J connectivity index is 1.89. The van der Waals surface area contributed by atoms with E-state index in [2.05, 4.69) is 4.72 Å². The van der Waals surface area contributed by atoms with Gasteiger partial charge in [-0.2, -0.15) is 0 Å². The van der Waals surface area contributed by atoms with E-state index < -0.39 is 16.0 Å². The first-order valence-electron chi connectivity index (χ1n) is 10.9. The molecule has 1 N–H and O–H groups in total. The van der Waals surface area contributed by atoms with Gasteiger partial charge in [-0.3, -0.25) is 4.72 Å². The average Bonchev–Trinajstić information content (AvgIpc) is 3.10. The first-order valence-corrected chi connectivity index (χ1v) is 12.8. The number of nitrogens with one attached hydrogen (secondary N) is 1. The highest BCUT2D eigenvalue weighted by atomic mass is 35.5. The number of carbonyl (C=O) groups is 1. The monoisotopic (exact) mass is 512 g/mol. The Labute approximate surface area is 209 Å². The van der Waals surface area contributed by atoms with E-state index in [0.29, 0.717) is 27.9 Å². The summed E-state index contributed by atoms with van der Waals surface area (Å²) in [6.45, 7) is 5.61. The second-order valence-electron chi connectivity index (χ2n) is 7.98. The number of anilines is 1. The lowest BCUT2D eigenvalue weighted by Crippen LogP contribution is -2.13. The highest BCUT2D eigenvalue weighted by molar-refractivity contribution is 7.92. The van der Waals surface area contributed by atoms with Crippen molar-refractivity contribution in [2.75, 3.05) is 18.4 Å². The molecule has 3 aromatic carbocycles. The predicted molar refractivity (Wildman–Crippen MR) is 138 cm³/mol. The number of sulfonamides is 1. The average molecular weight is 513 g/mol. The number of carbonyl (C=O) groups excluding carboxylic acids is 1. The van der Waals surface area contributed by atoms with Crippen molar-refractivity contribution < 1.29 is 22.7 Å². The second kappa shape index (κ2) is 9.64. The quantitative estimate of drug-likeness (QED) is 0.312. The van der Waals surface area contributed by atoms with Crippen LogP contribution < -0.4 is 9.46 Å². The van der Waals surface area contributed by atoms with Crippen molar-refractivity contribution in [1.29, 1.82) is 0 Å². The van der Waals surface area contributed by atoms with Crippen molar-refractivity contribution in [1.82, 2.24) is 4.57 Å². The molecule has 4 rings (SSSR count). The molecule has 0 saturated carbocycles. The first-order chi connectivity index (χ1) is 16.7. The molecule has 0 bridgehead atoms. The predicted octanol–water partition coefficient (Wildman–Crippen LogP) is 5.89. The Kier molecular flexibility index (Phi) is 6.78. The van der Waals surface area contributed by atoms with E-state index in [-0.39, 0.29) is 22.2 Å². The fourth-order valence-corrected chi connectivity index (χ4v) is 5.29. The van der Waals surface area contributed by atoms with Gasteiger partial charge in [-0.25, -0.2) is 13.2 Å². The molecule has 35 heavy (non-hydrogen) atoms. The zero-order valence-electron chi connectivity index (χ0n) is 19.8. The molecule has 0 unspecified atom stereocenters. The van der Waals surface area contributed by atoms with Crippen LogP contribution in [0.25, 0.3) is 16.6 Å². The molecular weight excluding hydrogens is 488 g/mol. The molecular formula is C26H25ClN2O5S. The van der Waals surface area contributed by atoms with Crippen LogP contribution >= 0.6 is 11.6 Å². The number of fused-ring (bicyclic) bond motifs is 1. The molecule has 0 aliphatic carbocycles. The maximum absolute atomic E-state index is 13.0. The molecule has 0 saturated heterocycles. The lowest BCUT2D eigenvalue weighted by molar-refractivity contribution is 0.0527. The van der Waals surface area contributed by atoms with Crippen molar-refractivity contribution >= 4 is 44.2 Å². The summed E-state index contributed by atoms with van der Waals surface area (Å²) in [6.07, 6.45) is 0. The van der Waals surface area contributed by atoms with Crippen LogP contribution in [0.1, 0.15) is 28.5 Å². The number of hydrogen-bond acceptors (Lipinski definition) is 5. The Bertz CT molecular complexity index is 1510. The number of esters is 1. The van der Waals surface area contributed by atoms with E-state index in [9.17, 15) is 13.2 Å². The number of benzene rings is 3. The molecule has 0 aliphatic rings. The van der Waals surface area contributed by atoms with Crippen molar-refractivity contribution in [3.63, 3.8) is 0 Å². The molecule has 7 nitrogen and oxygen atoms in total. The largest absolute Gasteiger partial charge is 0.497 e. The van der Waals surface area contributed by atoms with Crippen molar-refractivity contribution in [3.05, 3.63) is 82.5 Å². The topological polar surface area (TPSA) is 86.6 Å². The second-order valence-corrected chi connectivity index (χ2v) is 10.1. The third kappa shape index (κ3) is 4.72. The summed E-state index contributed by atoms with van der Waals surface area (Å²) in [6, 6.07) is 17.1. The lowest BCUT2D eigenvalue weighted by Gasteiger charge is -2.12. The summed E-state index contributed by atoms with van der Waals surface area (Å²) in [5.41, 5.74) is 3.50. The summed E-state index contributed by atoms with van der Waals surface area (Å²) in [5.74, 6) is 0.191. The number of rotatable bonds is 7. The molecule has 1 heterocycles. The van der Waals surface area contributed by atoms with E-state index in [1.807, 2.05) is 35.8 Å². The van der Waals surface area contributed by atoms with Gasteiger partial charge in [0.05, 0.1) is 40.4 Å². The Hall–Kier alpha value is -3.49. The summed E-state index contributed by atoms with van der Waals surface area (Å²) >= 11 is 6.55. The van der Waals surface area contributed by atoms with E-state index in [1.54, 1.807) is 45.2 Å². The van der Waals surface area contributed by atoms with Crippen LogP contribution in [0.4, 0.5) is 5.69 Å². The van der Waals surface area contributed by atoms with Gasteiger partial charge >= 0.3 is 5.97 Å². The van der Waals surface area contributed by atoms with E-state index in [1.165, 1.54) is 12.1 Å². The number of aryl methyl sites for hydroxylation is 1. The maximum atomic E-state index is 13.0. The van der Waals surface area contributed by atoms with Gasteiger partial charge in [-0.15, -0.1) is 0 Å². The third-order valence-electron chi connectivity index (χ3n) is 5.68. The summed E-state index contributed by atoms with van der Waals surface area (Å²) < 4.78 is 41.0. The Morgan fingerprint density at radius 2 is 1.69 bits per heavy atom. The van der Waals surface area contributed by atoms with Crippen molar-refractivity contribution in [2.24, 2.45) is 0 Å². The van der Waals surface area contributed by atoms with Gasteiger partial charge in [0.25, 0.3) is 10.0 Å². The van der Waals surface area contributed by atoms with Gasteiger partial charge in [-0.05, 0) is 69.3 Å². The number of nitrogens with zero attached hydrogens (tertiary/aromatic N) is 1. The fourth-order valence-electron chi connectivity index (χ4n) is 3.96. The third-order valence-corrected chi connectivity index (χ3v) is 7.37. The van der Waals surface area contributed by atoms with Crippen LogP contribution in [0.5, 0.6) is 5.75 Å². The minimum Gasteiger partial charge on any atom is -0.497 e. The molecule has 0 aliphatic heterocycles. The summed E-state index contributed by atoms with van der Waals surface area (Å²) in [5, 5.41) is 0.707. The van der Waals surface area contributed by atoms with Gasteiger partial charge in [0.1, 0.15) is 5.75 Å². The van der Waals surface area contributed by atoms with Crippen LogP contribution in [-0.2, 0) is 14.8 Å².